The van der Waals surface area contributed by atoms with Gasteiger partial charge in [-0.15, -0.1) is 22.7 Å². The summed E-state index contributed by atoms with van der Waals surface area (Å²) in [5, 5.41) is 2.12. The molecule has 0 bridgehead atoms. The lowest BCUT2D eigenvalue weighted by molar-refractivity contribution is -0.114. The maximum atomic E-state index is 13.2. The lowest BCUT2D eigenvalue weighted by Crippen LogP contribution is -2.24. The van der Waals surface area contributed by atoms with Crippen LogP contribution in [0.15, 0.2) is 48.5 Å². The number of hydrogen-bond acceptors (Lipinski definition) is 4. The van der Waals surface area contributed by atoms with Crippen LogP contribution < -0.4 is 9.80 Å². The Balaban J connectivity index is 1.73. The summed E-state index contributed by atoms with van der Waals surface area (Å²) in [6.45, 7) is 0. The molecule has 2 amide bonds. The number of thiophene rings is 2. The second-order valence-corrected chi connectivity index (χ2v) is 9.13. The van der Waals surface area contributed by atoms with Gasteiger partial charge in [0.05, 0.1) is 32.3 Å². The zero-order valence-electron chi connectivity index (χ0n) is 15.1. The number of anilines is 2. The van der Waals surface area contributed by atoms with Crippen molar-refractivity contribution in [2.75, 3.05) is 23.9 Å². The molecule has 0 spiro atoms. The number of hydrogen-bond donors (Lipinski definition) is 0. The first-order chi connectivity index (χ1) is 13.6. The zero-order chi connectivity index (χ0) is 19.2. The molecule has 4 heterocycles. The monoisotopic (exact) mass is 402 g/mol. The highest BCUT2D eigenvalue weighted by Crippen LogP contribution is 2.54. The number of carbonyl (C=O) groups excluding carboxylic acids is 2. The fourth-order valence-electron chi connectivity index (χ4n) is 4.24. The van der Waals surface area contributed by atoms with Crippen molar-refractivity contribution in [1.29, 1.82) is 0 Å². The van der Waals surface area contributed by atoms with E-state index in [0.29, 0.717) is 11.1 Å². The third kappa shape index (κ3) is 1.79. The topological polar surface area (TPSA) is 40.6 Å². The highest BCUT2D eigenvalue weighted by molar-refractivity contribution is 7.23. The molecule has 0 N–H and O–H groups in total. The summed E-state index contributed by atoms with van der Waals surface area (Å²) in [5.74, 6) is -0.205. The van der Waals surface area contributed by atoms with Gasteiger partial charge in [0, 0.05) is 34.3 Å². The van der Waals surface area contributed by atoms with Crippen LogP contribution >= 0.6 is 22.7 Å². The maximum absolute atomic E-state index is 13.2. The van der Waals surface area contributed by atoms with Crippen LogP contribution in [0.3, 0.4) is 0 Å². The first-order valence-corrected chi connectivity index (χ1v) is 10.6. The van der Waals surface area contributed by atoms with Crippen molar-refractivity contribution in [3.8, 4) is 0 Å². The van der Waals surface area contributed by atoms with Gasteiger partial charge in [-0.1, -0.05) is 36.4 Å². The first-order valence-electron chi connectivity index (χ1n) is 8.92. The Labute approximate surface area is 168 Å². The quantitative estimate of drug-likeness (QED) is 0.389. The van der Waals surface area contributed by atoms with E-state index < -0.39 is 0 Å². The minimum atomic E-state index is -0.103. The lowest BCUT2D eigenvalue weighted by atomic mass is 10.1. The Kier molecular flexibility index (Phi) is 3.04. The standard InChI is InChI=1S/C22H14N2O2S2/c1-23-17-11-7-3-5-9-13(11)27-19(17)15(21(23)25)16-20-18(24(2)22(16)26)12-8-4-6-10-14(12)28-20/h3-10H,1-2H3/b16-15+. The van der Waals surface area contributed by atoms with Gasteiger partial charge in [0.2, 0.25) is 0 Å². The second-order valence-electron chi connectivity index (χ2n) is 7.03. The highest BCUT2D eigenvalue weighted by Gasteiger charge is 2.43. The average Bonchev–Trinajstić information content (AvgIpc) is 3.38. The number of carbonyl (C=O) groups is 2. The first kappa shape index (κ1) is 16.0. The van der Waals surface area contributed by atoms with Crippen molar-refractivity contribution in [2.24, 2.45) is 0 Å². The van der Waals surface area contributed by atoms with Gasteiger partial charge in [-0.3, -0.25) is 9.59 Å². The van der Waals surface area contributed by atoms with Gasteiger partial charge >= 0.3 is 0 Å². The normalized spacial score (nSPS) is 18.6. The highest BCUT2D eigenvalue weighted by atomic mass is 32.1. The fourth-order valence-corrected chi connectivity index (χ4v) is 6.79. The number of benzene rings is 2. The molecule has 2 aromatic heterocycles. The second kappa shape index (κ2) is 5.31. The van der Waals surface area contributed by atoms with Crippen LogP contribution in [-0.2, 0) is 9.59 Å². The van der Waals surface area contributed by atoms with Gasteiger partial charge in [0.1, 0.15) is 0 Å². The van der Waals surface area contributed by atoms with E-state index in [2.05, 4.69) is 12.1 Å². The van der Waals surface area contributed by atoms with Gasteiger partial charge in [-0.25, -0.2) is 0 Å². The van der Waals surface area contributed by atoms with Gasteiger partial charge in [0.25, 0.3) is 11.8 Å². The number of rotatable bonds is 0. The van der Waals surface area contributed by atoms with Crippen LogP contribution in [0.2, 0.25) is 0 Å². The van der Waals surface area contributed by atoms with Gasteiger partial charge in [-0.05, 0) is 12.1 Å². The zero-order valence-corrected chi connectivity index (χ0v) is 16.8. The molecule has 2 aliphatic heterocycles. The summed E-state index contributed by atoms with van der Waals surface area (Å²) in [6.07, 6.45) is 0. The van der Waals surface area contributed by atoms with Crippen LogP contribution in [0.1, 0.15) is 9.75 Å². The summed E-state index contributed by atoms with van der Waals surface area (Å²) < 4.78 is 2.25. The molecule has 4 nitrogen and oxygen atoms in total. The van der Waals surface area contributed by atoms with E-state index in [0.717, 1.165) is 41.3 Å². The molecule has 0 aliphatic carbocycles. The third-order valence-corrected chi connectivity index (χ3v) is 7.91. The minimum absolute atomic E-state index is 0.103. The van der Waals surface area contributed by atoms with Crippen LogP contribution in [0.4, 0.5) is 11.4 Å². The minimum Gasteiger partial charge on any atom is -0.309 e. The largest absolute Gasteiger partial charge is 0.309 e. The van der Waals surface area contributed by atoms with E-state index in [4.69, 9.17) is 0 Å². The van der Waals surface area contributed by atoms with Crippen molar-refractivity contribution < 1.29 is 9.59 Å². The van der Waals surface area contributed by atoms with E-state index in [1.54, 1.807) is 46.6 Å². The molecular weight excluding hydrogens is 388 g/mol. The van der Waals surface area contributed by atoms with Crippen LogP contribution in [0.25, 0.3) is 31.3 Å². The fraction of sp³-hybridized carbons (Fsp3) is 0.0909. The van der Waals surface area contributed by atoms with Crippen molar-refractivity contribution in [3.05, 3.63) is 58.3 Å². The van der Waals surface area contributed by atoms with Crippen molar-refractivity contribution in [3.63, 3.8) is 0 Å². The SMILES string of the molecule is CN1C(=O)/C(=C2/C(=O)N(C)c3c2sc2ccccc32)c2sc3ccccc3c21. The van der Waals surface area contributed by atoms with E-state index in [9.17, 15) is 9.59 Å². The van der Waals surface area contributed by atoms with Crippen molar-refractivity contribution in [1.82, 2.24) is 0 Å². The summed E-state index contributed by atoms with van der Waals surface area (Å²) in [7, 11) is 3.59. The molecule has 0 saturated carbocycles. The van der Waals surface area contributed by atoms with E-state index in [1.807, 2.05) is 36.4 Å². The summed E-state index contributed by atoms with van der Waals surface area (Å²) >= 11 is 3.17. The summed E-state index contributed by atoms with van der Waals surface area (Å²) in [4.78, 5) is 31.7. The van der Waals surface area contributed by atoms with Crippen molar-refractivity contribution in [2.45, 2.75) is 0 Å². The molecule has 4 aromatic rings. The Morgan fingerprint density at radius 2 is 1.04 bits per heavy atom. The maximum Gasteiger partial charge on any atom is 0.260 e. The number of amides is 2. The third-order valence-electron chi connectivity index (χ3n) is 5.55. The molecule has 6 rings (SSSR count). The molecule has 0 saturated heterocycles. The Hall–Kier alpha value is -2.96. The van der Waals surface area contributed by atoms with E-state index in [-0.39, 0.29) is 11.8 Å². The molecule has 2 aliphatic rings. The van der Waals surface area contributed by atoms with Gasteiger partial charge in [0.15, 0.2) is 0 Å². The molecule has 136 valence electrons. The summed E-state index contributed by atoms with van der Waals surface area (Å²) in [5.41, 5.74) is 2.91. The Morgan fingerprint density at radius 1 is 0.643 bits per heavy atom. The predicted octanol–water partition coefficient (Wildman–Crippen LogP) is 4.98. The van der Waals surface area contributed by atoms with E-state index >= 15 is 0 Å². The van der Waals surface area contributed by atoms with Gasteiger partial charge < -0.3 is 9.80 Å². The number of nitrogens with zero attached hydrogens (tertiary/aromatic N) is 2. The summed E-state index contributed by atoms with van der Waals surface area (Å²) in [6, 6.07) is 16.2. The van der Waals surface area contributed by atoms with Crippen LogP contribution in [0, 0.1) is 0 Å². The molecule has 0 fully saturated rings. The smallest absolute Gasteiger partial charge is 0.260 e. The molecule has 0 atom stereocenters. The average molecular weight is 403 g/mol. The van der Waals surface area contributed by atoms with Crippen LogP contribution in [-0.4, -0.2) is 25.9 Å². The Bertz CT molecular complexity index is 1290. The number of fused-ring (bicyclic) bond motifs is 6. The van der Waals surface area contributed by atoms with E-state index in [1.165, 1.54) is 0 Å². The van der Waals surface area contributed by atoms with Gasteiger partial charge in [-0.2, -0.15) is 0 Å². The molecule has 2 aromatic carbocycles. The number of likely N-dealkylation sites (N-methyl/N-ethyl adjacent to an activating group) is 2. The molecular formula is C22H14N2O2S2. The molecule has 0 radical (unpaired) electrons. The van der Waals surface area contributed by atoms with Crippen LogP contribution in [0.5, 0.6) is 0 Å². The lowest BCUT2D eigenvalue weighted by Gasteiger charge is -2.11. The Morgan fingerprint density at radius 3 is 1.46 bits per heavy atom. The molecule has 0 unspecified atom stereocenters. The molecule has 6 heteroatoms. The predicted molar refractivity (Wildman–Crippen MR) is 117 cm³/mol. The van der Waals surface area contributed by atoms with Crippen molar-refractivity contribution >= 4 is 77.2 Å². The molecule has 28 heavy (non-hydrogen) atoms.